The van der Waals surface area contributed by atoms with E-state index < -0.39 is 6.16 Å². The van der Waals surface area contributed by atoms with Gasteiger partial charge in [0.05, 0.1) is 0 Å². The Balaban J connectivity index is 1.58. The molecule has 0 radical (unpaired) electrons. The van der Waals surface area contributed by atoms with Crippen molar-refractivity contribution < 1.29 is 24.1 Å². The van der Waals surface area contributed by atoms with Gasteiger partial charge in [-0.3, -0.25) is 0 Å². The predicted octanol–water partition coefficient (Wildman–Crippen LogP) is 6.22. The first kappa shape index (κ1) is 21.2. The van der Waals surface area contributed by atoms with Crippen molar-refractivity contribution in [1.29, 1.82) is 0 Å². The van der Waals surface area contributed by atoms with E-state index >= 15 is 0 Å². The van der Waals surface area contributed by atoms with Gasteiger partial charge in [0, 0.05) is 40.6 Å². The van der Waals surface area contributed by atoms with E-state index in [2.05, 4.69) is 0 Å². The third kappa shape index (κ3) is 4.29. The summed E-state index contributed by atoms with van der Waals surface area (Å²) >= 11 is 8.10. The van der Waals surface area contributed by atoms with E-state index in [0.717, 1.165) is 24.0 Å². The number of nitrogens with zero attached hydrogens (tertiary/aromatic N) is 2. The topological polar surface area (TPSA) is 82.8 Å². The normalized spacial score (nSPS) is 15.8. The maximum Gasteiger partial charge on any atom is 0.512 e. The maximum absolute atomic E-state index is 11.6. The zero-order valence-electron chi connectivity index (χ0n) is 17.4. The van der Waals surface area contributed by atoms with Crippen molar-refractivity contribution in [2.45, 2.75) is 45.1 Å². The van der Waals surface area contributed by atoms with E-state index in [1.165, 1.54) is 19.3 Å². The van der Waals surface area contributed by atoms with Crippen molar-refractivity contribution in [2.75, 3.05) is 6.79 Å². The van der Waals surface area contributed by atoms with E-state index in [1.54, 1.807) is 22.1 Å². The highest BCUT2D eigenvalue weighted by Crippen LogP contribution is 2.41. The lowest BCUT2D eigenvalue weighted by atomic mass is 9.89. The number of benzene rings is 1. The molecule has 168 valence electrons. The Hall–Kier alpha value is -2.71. The molecule has 7 nitrogen and oxygen atoms in total. The Kier molecular flexibility index (Phi) is 5.97. The molecule has 1 saturated carbocycles. The van der Waals surface area contributed by atoms with Crippen LogP contribution in [-0.4, -0.2) is 27.8 Å². The summed E-state index contributed by atoms with van der Waals surface area (Å²) in [6, 6.07) is 5.55. The molecular weight excluding hydrogens is 452 g/mol. The molecule has 3 heterocycles. The average Bonchev–Trinajstić information content (AvgIpc) is 3.51. The smallest absolute Gasteiger partial charge is 0.454 e. The second-order valence-electron chi connectivity index (χ2n) is 8.17. The van der Waals surface area contributed by atoms with Gasteiger partial charge >= 0.3 is 6.16 Å². The molecule has 1 fully saturated rings. The fourth-order valence-electron chi connectivity index (χ4n) is 4.49. The lowest BCUT2D eigenvalue weighted by molar-refractivity contribution is 0.138. The minimum Gasteiger partial charge on any atom is -0.454 e. The molecule has 1 aliphatic heterocycles. The van der Waals surface area contributed by atoms with Crippen LogP contribution in [0, 0.1) is 5.92 Å². The molecule has 1 aromatic carbocycles. The molecule has 9 heteroatoms. The van der Waals surface area contributed by atoms with Gasteiger partial charge in [0.1, 0.15) is 5.69 Å². The molecule has 1 aliphatic carbocycles. The molecule has 0 atom stereocenters. The Morgan fingerprint density at radius 3 is 2.75 bits per heavy atom. The summed E-state index contributed by atoms with van der Waals surface area (Å²) in [4.78, 5) is 11.6. The third-order valence-electron chi connectivity index (χ3n) is 6.04. The van der Waals surface area contributed by atoms with Crippen LogP contribution in [0.15, 0.2) is 29.0 Å². The first-order valence-corrected chi connectivity index (χ1v) is 12.0. The molecule has 3 aromatic rings. The quantitative estimate of drug-likeness (QED) is 0.427. The molecule has 0 amide bonds. The monoisotopic (exact) mass is 474 g/mol. The molecule has 0 bridgehead atoms. The van der Waals surface area contributed by atoms with Crippen molar-refractivity contribution in [2.24, 2.45) is 5.92 Å². The highest BCUT2D eigenvalue weighted by Gasteiger charge is 2.27. The molecule has 2 aliphatic rings. The van der Waals surface area contributed by atoms with Gasteiger partial charge in [0.2, 0.25) is 12.7 Å². The van der Waals surface area contributed by atoms with Crippen LogP contribution < -0.4 is 14.2 Å². The van der Waals surface area contributed by atoms with Crippen molar-refractivity contribution in [1.82, 2.24) is 9.78 Å². The Bertz CT molecular complexity index is 1120. The highest BCUT2D eigenvalue weighted by atomic mass is 35.5. The van der Waals surface area contributed by atoms with Crippen LogP contribution in [0.4, 0.5) is 4.79 Å². The molecule has 0 saturated heterocycles. The first-order chi connectivity index (χ1) is 15.6. The lowest BCUT2D eigenvalue weighted by Gasteiger charge is -2.22. The second-order valence-corrected chi connectivity index (χ2v) is 9.36. The van der Waals surface area contributed by atoms with E-state index in [1.807, 2.05) is 22.9 Å². The van der Waals surface area contributed by atoms with E-state index in [-0.39, 0.29) is 12.7 Å². The third-order valence-corrected chi connectivity index (χ3v) is 7.08. The number of carbonyl (C=O) groups is 1. The minimum atomic E-state index is -1.36. The summed E-state index contributed by atoms with van der Waals surface area (Å²) < 4.78 is 18.0. The molecule has 0 unspecified atom stereocenters. The van der Waals surface area contributed by atoms with Gasteiger partial charge in [-0.15, -0.1) is 0 Å². The Morgan fingerprint density at radius 1 is 1.25 bits per heavy atom. The zero-order valence-corrected chi connectivity index (χ0v) is 19.0. The predicted molar refractivity (Wildman–Crippen MR) is 121 cm³/mol. The van der Waals surface area contributed by atoms with E-state index in [9.17, 15) is 9.90 Å². The summed E-state index contributed by atoms with van der Waals surface area (Å²) in [6.45, 7) is 0.788. The van der Waals surface area contributed by atoms with Crippen molar-refractivity contribution >= 4 is 29.1 Å². The number of ether oxygens (including phenoxy) is 3. The summed E-state index contributed by atoms with van der Waals surface area (Å²) in [5, 5.41) is 18.8. The number of hydrogen-bond donors (Lipinski definition) is 1. The number of halogens is 1. The van der Waals surface area contributed by atoms with Crippen LogP contribution in [0.3, 0.4) is 0 Å². The minimum absolute atomic E-state index is 0.155. The fourth-order valence-corrected chi connectivity index (χ4v) is 5.36. The van der Waals surface area contributed by atoms with Gasteiger partial charge in [-0.1, -0.05) is 30.9 Å². The number of carboxylic acid groups (broad SMARTS) is 1. The van der Waals surface area contributed by atoms with Gasteiger partial charge in [0.25, 0.3) is 0 Å². The Morgan fingerprint density at radius 2 is 2.03 bits per heavy atom. The van der Waals surface area contributed by atoms with Crippen molar-refractivity contribution in [3.8, 4) is 28.6 Å². The molecule has 0 spiro atoms. The van der Waals surface area contributed by atoms with Gasteiger partial charge in [0.15, 0.2) is 11.5 Å². The first-order valence-electron chi connectivity index (χ1n) is 10.7. The molecule has 2 aromatic heterocycles. The van der Waals surface area contributed by atoms with Crippen molar-refractivity contribution in [3.63, 3.8) is 0 Å². The molecular formula is C23H23ClN2O5S. The summed E-state index contributed by atoms with van der Waals surface area (Å²) in [5.41, 5.74) is 3.13. The largest absolute Gasteiger partial charge is 0.512 e. The van der Waals surface area contributed by atoms with Crippen LogP contribution in [0.5, 0.6) is 17.4 Å². The Labute approximate surface area is 194 Å². The number of aromatic nitrogens is 2. The van der Waals surface area contributed by atoms with E-state index in [4.69, 9.17) is 30.9 Å². The summed E-state index contributed by atoms with van der Waals surface area (Å²) in [5.74, 6) is 1.94. The standard InChI is InChI=1S/C23H23ClN2O5S/c24-18-10-20-19(29-13-30-20)9-16(18)8-17-21(15-6-7-32-12-15)25-26(22(17)31-23(27)28)11-14-4-2-1-3-5-14/h6-7,9-10,12,14H,1-5,8,11,13H2,(H,27,28). The molecule has 1 N–H and O–H groups in total. The van der Waals surface area contributed by atoms with Crippen LogP contribution in [-0.2, 0) is 13.0 Å². The van der Waals surface area contributed by atoms with Crippen LogP contribution in [0.25, 0.3) is 11.3 Å². The maximum atomic E-state index is 11.6. The SMILES string of the molecule is O=C(O)Oc1c(Cc2cc3c(cc2Cl)OCO3)c(-c2ccsc2)nn1CC1CCCCC1. The number of fused-ring (bicyclic) bond motifs is 1. The lowest BCUT2D eigenvalue weighted by Crippen LogP contribution is -2.17. The fraction of sp³-hybridized carbons (Fsp3) is 0.391. The van der Waals surface area contributed by atoms with Crippen LogP contribution >= 0.6 is 22.9 Å². The van der Waals surface area contributed by atoms with Gasteiger partial charge in [-0.2, -0.15) is 16.4 Å². The highest BCUT2D eigenvalue weighted by molar-refractivity contribution is 7.08. The number of thiophene rings is 1. The summed E-state index contributed by atoms with van der Waals surface area (Å²) in [7, 11) is 0. The molecule has 5 rings (SSSR count). The van der Waals surface area contributed by atoms with Crippen LogP contribution in [0.2, 0.25) is 5.02 Å². The van der Waals surface area contributed by atoms with Crippen LogP contribution in [0.1, 0.15) is 43.2 Å². The van der Waals surface area contributed by atoms with Gasteiger partial charge in [-0.25, -0.2) is 9.48 Å². The van der Waals surface area contributed by atoms with E-state index in [0.29, 0.717) is 46.7 Å². The zero-order chi connectivity index (χ0) is 22.1. The van der Waals surface area contributed by atoms with Gasteiger partial charge in [-0.05, 0) is 41.8 Å². The average molecular weight is 475 g/mol. The number of hydrogen-bond acceptors (Lipinski definition) is 6. The molecule has 32 heavy (non-hydrogen) atoms. The second kappa shape index (κ2) is 9.03. The van der Waals surface area contributed by atoms with Gasteiger partial charge < -0.3 is 19.3 Å². The summed E-state index contributed by atoms with van der Waals surface area (Å²) in [6.07, 6.45) is 4.86. The number of rotatable bonds is 6. The van der Waals surface area contributed by atoms with Crippen molar-refractivity contribution in [3.05, 3.63) is 45.1 Å².